The van der Waals surface area contributed by atoms with Gasteiger partial charge in [-0.1, -0.05) is 67.8 Å². The van der Waals surface area contributed by atoms with Crippen molar-refractivity contribution in [3.05, 3.63) is 70.5 Å². The zero-order valence-corrected chi connectivity index (χ0v) is 18.0. The highest BCUT2D eigenvalue weighted by molar-refractivity contribution is 6.31. The number of amides is 2. The second kappa shape index (κ2) is 10.6. The molecule has 2 aromatic rings. The van der Waals surface area contributed by atoms with Gasteiger partial charge in [0.25, 0.3) is 0 Å². The number of carbonyl (C=O) groups is 2. The molecule has 0 bridgehead atoms. The quantitative estimate of drug-likeness (QED) is 0.648. The second-order valence-electron chi connectivity index (χ2n) is 7.80. The molecule has 0 spiro atoms. The van der Waals surface area contributed by atoms with Crippen molar-refractivity contribution in [1.82, 2.24) is 10.2 Å². The first-order valence-corrected chi connectivity index (χ1v) is 10.9. The molecule has 4 nitrogen and oxygen atoms in total. The summed E-state index contributed by atoms with van der Waals surface area (Å²) in [5.74, 6) is -0.876. The third-order valence-corrected chi connectivity index (χ3v) is 6.05. The maximum absolute atomic E-state index is 14.1. The van der Waals surface area contributed by atoms with Gasteiger partial charge in [-0.05, 0) is 42.5 Å². The molecule has 1 atom stereocenters. The molecule has 160 valence electrons. The zero-order valence-electron chi connectivity index (χ0n) is 17.2. The van der Waals surface area contributed by atoms with Crippen molar-refractivity contribution < 1.29 is 14.0 Å². The maximum atomic E-state index is 14.1. The second-order valence-corrected chi connectivity index (χ2v) is 8.20. The summed E-state index contributed by atoms with van der Waals surface area (Å²) in [7, 11) is 0. The Balaban J connectivity index is 1.84. The van der Waals surface area contributed by atoms with Gasteiger partial charge in [0.2, 0.25) is 11.8 Å². The molecule has 1 aliphatic rings. The van der Waals surface area contributed by atoms with E-state index in [0.717, 1.165) is 31.2 Å². The first-order valence-electron chi connectivity index (χ1n) is 10.6. The van der Waals surface area contributed by atoms with Gasteiger partial charge in [-0.15, -0.1) is 0 Å². The molecule has 0 unspecified atom stereocenters. The smallest absolute Gasteiger partial charge is 0.243 e. The Morgan fingerprint density at radius 3 is 2.37 bits per heavy atom. The molecule has 0 radical (unpaired) electrons. The summed E-state index contributed by atoms with van der Waals surface area (Å²) in [5, 5.41) is 3.64. The molecule has 6 heteroatoms. The van der Waals surface area contributed by atoms with Gasteiger partial charge in [0.15, 0.2) is 0 Å². The van der Waals surface area contributed by atoms with Gasteiger partial charge >= 0.3 is 0 Å². The van der Waals surface area contributed by atoms with Gasteiger partial charge in [0.1, 0.15) is 11.9 Å². The van der Waals surface area contributed by atoms with Crippen LogP contribution in [-0.4, -0.2) is 28.8 Å². The summed E-state index contributed by atoms with van der Waals surface area (Å²) in [5.41, 5.74) is 1.07. The standard InChI is InChI=1S/C24H28ClFN2O2/c1-2-22(24(30)27-19-11-5-6-12-19)28(16-18-10-3-7-13-20(18)25)23(29)15-17-9-4-8-14-21(17)26/h3-4,7-10,13-14,19,22H,2,5-6,11-12,15-16H2,1H3,(H,27,30)/t22-/m1/s1. The van der Waals surface area contributed by atoms with Crippen molar-refractivity contribution in [3.63, 3.8) is 0 Å². The number of carbonyl (C=O) groups excluding carboxylic acids is 2. The lowest BCUT2D eigenvalue weighted by molar-refractivity contribution is -0.141. The van der Waals surface area contributed by atoms with Gasteiger partial charge in [-0.2, -0.15) is 0 Å². The highest BCUT2D eigenvalue weighted by atomic mass is 35.5. The van der Waals surface area contributed by atoms with Gasteiger partial charge < -0.3 is 10.2 Å². The van der Waals surface area contributed by atoms with Crippen molar-refractivity contribution >= 4 is 23.4 Å². The minimum Gasteiger partial charge on any atom is -0.352 e. The fourth-order valence-electron chi connectivity index (χ4n) is 4.00. The van der Waals surface area contributed by atoms with Crippen molar-refractivity contribution in [2.45, 2.75) is 64.1 Å². The van der Waals surface area contributed by atoms with Crippen molar-refractivity contribution in [2.24, 2.45) is 0 Å². The molecule has 0 aliphatic heterocycles. The van der Waals surface area contributed by atoms with Crippen LogP contribution in [0.3, 0.4) is 0 Å². The Morgan fingerprint density at radius 2 is 1.73 bits per heavy atom. The first-order chi connectivity index (χ1) is 14.5. The van der Waals surface area contributed by atoms with Gasteiger partial charge in [0, 0.05) is 17.6 Å². The SMILES string of the molecule is CC[C@H](C(=O)NC1CCCC1)N(Cc1ccccc1Cl)C(=O)Cc1ccccc1F. The van der Waals surface area contributed by atoms with E-state index in [2.05, 4.69) is 5.32 Å². The molecule has 1 aliphatic carbocycles. The largest absolute Gasteiger partial charge is 0.352 e. The fraction of sp³-hybridized carbons (Fsp3) is 0.417. The lowest BCUT2D eigenvalue weighted by atomic mass is 10.1. The van der Waals surface area contributed by atoms with Crippen LogP contribution in [0.15, 0.2) is 48.5 Å². The van der Waals surface area contributed by atoms with Crippen LogP contribution in [0, 0.1) is 5.82 Å². The van der Waals surface area contributed by atoms with E-state index in [9.17, 15) is 14.0 Å². The van der Waals surface area contributed by atoms with Crippen LogP contribution in [0.2, 0.25) is 5.02 Å². The minimum absolute atomic E-state index is 0.107. The highest BCUT2D eigenvalue weighted by Crippen LogP contribution is 2.22. The highest BCUT2D eigenvalue weighted by Gasteiger charge is 2.31. The number of rotatable bonds is 8. The predicted octanol–water partition coefficient (Wildman–Crippen LogP) is 4.89. The Kier molecular flexibility index (Phi) is 7.86. The molecule has 2 aromatic carbocycles. The van der Waals surface area contributed by atoms with E-state index in [0.29, 0.717) is 17.0 Å². The fourth-order valence-corrected chi connectivity index (χ4v) is 4.20. The van der Waals surface area contributed by atoms with Gasteiger partial charge in [0.05, 0.1) is 6.42 Å². The van der Waals surface area contributed by atoms with Crippen LogP contribution in [0.25, 0.3) is 0 Å². The summed E-state index contributed by atoms with van der Waals surface area (Å²) in [4.78, 5) is 27.9. The predicted molar refractivity (Wildman–Crippen MR) is 117 cm³/mol. The van der Waals surface area contributed by atoms with E-state index in [4.69, 9.17) is 11.6 Å². The van der Waals surface area contributed by atoms with Gasteiger partial charge in [-0.25, -0.2) is 4.39 Å². The van der Waals surface area contributed by atoms with Crippen LogP contribution in [0.5, 0.6) is 0 Å². The lowest BCUT2D eigenvalue weighted by Crippen LogP contribution is -2.51. The lowest BCUT2D eigenvalue weighted by Gasteiger charge is -2.32. The molecule has 0 saturated heterocycles. The van der Waals surface area contributed by atoms with E-state index in [1.165, 1.54) is 11.0 Å². The number of nitrogens with one attached hydrogen (secondary N) is 1. The Hall–Kier alpha value is -2.40. The zero-order chi connectivity index (χ0) is 21.5. The molecule has 3 rings (SSSR count). The third kappa shape index (κ3) is 5.60. The normalized spacial score (nSPS) is 15.0. The third-order valence-electron chi connectivity index (χ3n) is 5.69. The number of benzene rings is 2. The molecule has 1 saturated carbocycles. The van der Waals surface area contributed by atoms with E-state index < -0.39 is 11.9 Å². The summed E-state index contributed by atoms with van der Waals surface area (Å²) >= 11 is 6.32. The van der Waals surface area contributed by atoms with Crippen LogP contribution < -0.4 is 5.32 Å². The van der Waals surface area contributed by atoms with E-state index in [1.807, 2.05) is 25.1 Å². The monoisotopic (exact) mass is 430 g/mol. The van der Waals surface area contributed by atoms with E-state index in [-0.39, 0.29) is 30.8 Å². The average molecular weight is 431 g/mol. The van der Waals surface area contributed by atoms with Crippen LogP contribution >= 0.6 is 11.6 Å². The average Bonchev–Trinajstić information content (AvgIpc) is 3.24. The number of nitrogens with zero attached hydrogens (tertiary/aromatic N) is 1. The molecule has 30 heavy (non-hydrogen) atoms. The van der Waals surface area contributed by atoms with Gasteiger partial charge in [-0.3, -0.25) is 9.59 Å². The van der Waals surface area contributed by atoms with Crippen LogP contribution in [-0.2, 0) is 22.6 Å². The van der Waals surface area contributed by atoms with E-state index in [1.54, 1.807) is 24.3 Å². The molecular weight excluding hydrogens is 403 g/mol. The molecule has 1 N–H and O–H groups in total. The summed E-state index contributed by atoms with van der Waals surface area (Å²) in [6.45, 7) is 2.08. The Labute approximate surface area is 182 Å². The molecule has 1 fully saturated rings. The number of hydrogen-bond acceptors (Lipinski definition) is 2. The molecule has 2 amide bonds. The van der Waals surface area contributed by atoms with Crippen LogP contribution in [0.1, 0.15) is 50.2 Å². The number of hydrogen-bond donors (Lipinski definition) is 1. The summed E-state index contributed by atoms with van der Waals surface area (Å²) < 4.78 is 14.1. The topological polar surface area (TPSA) is 49.4 Å². The summed E-state index contributed by atoms with van der Waals surface area (Å²) in [6.07, 6.45) is 4.51. The van der Waals surface area contributed by atoms with Crippen molar-refractivity contribution in [2.75, 3.05) is 0 Å². The van der Waals surface area contributed by atoms with E-state index >= 15 is 0 Å². The minimum atomic E-state index is -0.638. The molecular formula is C24H28ClFN2O2. The van der Waals surface area contributed by atoms with Crippen LogP contribution in [0.4, 0.5) is 4.39 Å². The molecule has 0 aromatic heterocycles. The van der Waals surface area contributed by atoms with Crippen molar-refractivity contribution in [1.29, 1.82) is 0 Å². The Morgan fingerprint density at radius 1 is 1.10 bits per heavy atom. The summed E-state index contributed by atoms with van der Waals surface area (Å²) in [6, 6.07) is 13.0. The number of halogens is 2. The molecule has 0 heterocycles. The Bertz CT molecular complexity index is 883. The van der Waals surface area contributed by atoms with Crippen molar-refractivity contribution in [3.8, 4) is 0 Å². The first kappa shape index (κ1) is 22.3. The maximum Gasteiger partial charge on any atom is 0.243 e.